The summed E-state index contributed by atoms with van der Waals surface area (Å²) in [5.74, 6) is 0. The van der Waals surface area contributed by atoms with E-state index in [1.807, 2.05) is 34.6 Å². The van der Waals surface area contributed by atoms with Gasteiger partial charge in [-0.05, 0) is 34.6 Å². The fraction of sp³-hybridized carbons (Fsp3) is 0.909. The number of ether oxygens (including phenoxy) is 2. The smallest absolute Gasteiger partial charge is 0.410 e. The van der Waals surface area contributed by atoms with Crippen LogP contribution in [-0.4, -0.2) is 42.9 Å². The maximum Gasteiger partial charge on any atom is 0.410 e. The normalized spacial score (nSPS) is 13.5. The molecule has 0 aromatic rings. The minimum Gasteiger partial charge on any atom is -0.444 e. The molecule has 0 aliphatic carbocycles. The van der Waals surface area contributed by atoms with E-state index in [4.69, 9.17) is 9.47 Å². The molecule has 1 unspecified atom stereocenters. The first kappa shape index (κ1) is 14.2. The molecule has 0 aromatic heterocycles. The van der Waals surface area contributed by atoms with E-state index in [1.54, 1.807) is 12.0 Å². The molecule has 0 heterocycles. The third-order valence-electron chi connectivity index (χ3n) is 1.91. The summed E-state index contributed by atoms with van der Waals surface area (Å²) in [7, 11) is 1.62. The Labute approximate surface area is 92.5 Å². The number of carbonyl (C=O) groups is 1. The fourth-order valence-electron chi connectivity index (χ4n) is 1.27. The summed E-state index contributed by atoms with van der Waals surface area (Å²) in [6.45, 7) is 10.6. The van der Waals surface area contributed by atoms with Gasteiger partial charge in [0.15, 0.2) is 0 Å². The number of carbonyl (C=O) groups excluding carboxylic acids is 1. The molecule has 0 aliphatic heterocycles. The predicted octanol–water partition coefficient (Wildman–Crippen LogP) is 2.28. The molecular formula is C11H23NO3. The van der Waals surface area contributed by atoms with Gasteiger partial charge in [0.1, 0.15) is 5.60 Å². The number of hydrogen-bond donors (Lipinski definition) is 0. The standard InChI is InChI=1S/C11H23NO3/c1-7-12(9(2)8-14-6)10(13)15-11(3,4)5/h9H,7-8H2,1-6H3. The quantitative estimate of drug-likeness (QED) is 0.725. The van der Waals surface area contributed by atoms with E-state index in [0.717, 1.165) is 0 Å². The Morgan fingerprint density at radius 2 is 1.93 bits per heavy atom. The summed E-state index contributed by atoms with van der Waals surface area (Å²) in [6.07, 6.45) is -0.283. The van der Waals surface area contributed by atoms with Crippen molar-refractivity contribution in [3.05, 3.63) is 0 Å². The molecule has 0 saturated carbocycles. The Bertz CT molecular complexity index is 198. The molecule has 0 N–H and O–H groups in total. The zero-order chi connectivity index (χ0) is 12.1. The molecular weight excluding hydrogens is 194 g/mol. The highest BCUT2D eigenvalue weighted by molar-refractivity contribution is 5.68. The number of rotatable bonds is 4. The molecule has 0 aromatic carbocycles. The molecule has 90 valence electrons. The van der Waals surface area contributed by atoms with E-state index in [-0.39, 0.29) is 12.1 Å². The average Bonchev–Trinajstić information content (AvgIpc) is 2.02. The molecule has 4 heteroatoms. The number of hydrogen-bond acceptors (Lipinski definition) is 3. The largest absolute Gasteiger partial charge is 0.444 e. The SMILES string of the molecule is CCN(C(=O)OC(C)(C)C)C(C)COC. The van der Waals surface area contributed by atoms with Crippen LogP contribution in [0.5, 0.6) is 0 Å². The fourth-order valence-corrected chi connectivity index (χ4v) is 1.27. The van der Waals surface area contributed by atoms with Gasteiger partial charge in [-0.2, -0.15) is 0 Å². The molecule has 0 radical (unpaired) electrons. The van der Waals surface area contributed by atoms with Gasteiger partial charge in [-0.1, -0.05) is 0 Å². The van der Waals surface area contributed by atoms with Gasteiger partial charge in [0, 0.05) is 13.7 Å². The molecule has 15 heavy (non-hydrogen) atoms. The molecule has 0 aliphatic rings. The molecule has 0 bridgehead atoms. The van der Waals surface area contributed by atoms with Crippen LogP contribution in [-0.2, 0) is 9.47 Å². The Morgan fingerprint density at radius 3 is 2.27 bits per heavy atom. The van der Waals surface area contributed by atoms with Crippen LogP contribution in [0, 0.1) is 0 Å². The van der Waals surface area contributed by atoms with E-state index in [0.29, 0.717) is 13.2 Å². The number of methoxy groups -OCH3 is 1. The van der Waals surface area contributed by atoms with Crippen molar-refractivity contribution in [3.63, 3.8) is 0 Å². The third-order valence-corrected chi connectivity index (χ3v) is 1.91. The Hall–Kier alpha value is -0.770. The van der Waals surface area contributed by atoms with Gasteiger partial charge in [0.05, 0.1) is 12.6 Å². The maximum absolute atomic E-state index is 11.8. The minimum absolute atomic E-state index is 0.0369. The van der Waals surface area contributed by atoms with Crippen LogP contribution in [0.3, 0.4) is 0 Å². The monoisotopic (exact) mass is 217 g/mol. The highest BCUT2D eigenvalue weighted by atomic mass is 16.6. The van der Waals surface area contributed by atoms with Crippen LogP contribution >= 0.6 is 0 Å². The summed E-state index contributed by atoms with van der Waals surface area (Å²) in [5, 5.41) is 0. The van der Waals surface area contributed by atoms with Crippen LogP contribution in [0.15, 0.2) is 0 Å². The van der Waals surface area contributed by atoms with Crippen molar-refractivity contribution < 1.29 is 14.3 Å². The van der Waals surface area contributed by atoms with Gasteiger partial charge in [-0.15, -0.1) is 0 Å². The number of nitrogens with zero attached hydrogens (tertiary/aromatic N) is 1. The first-order chi connectivity index (χ1) is 6.81. The Kier molecular flexibility index (Phi) is 5.65. The zero-order valence-corrected chi connectivity index (χ0v) is 10.7. The van der Waals surface area contributed by atoms with Gasteiger partial charge in [0.2, 0.25) is 0 Å². The van der Waals surface area contributed by atoms with Gasteiger partial charge in [-0.3, -0.25) is 0 Å². The molecule has 0 spiro atoms. The van der Waals surface area contributed by atoms with E-state index >= 15 is 0 Å². The molecule has 1 amide bonds. The topological polar surface area (TPSA) is 38.8 Å². The lowest BCUT2D eigenvalue weighted by Gasteiger charge is -2.30. The summed E-state index contributed by atoms with van der Waals surface area (Å²) < 4.78 is 10.3. The lowest BCUT2D eigenvalue weighted by molar-refractivity contribution is 0.00992. The third kappa shape index (κ3) is 5.62. The highest BCUT2D eigenvalue weighted by Gasteiger charge is 2.24. The Morgan fingerprint density at radius 1 is 1.40 bits per heavy atom. The van der Waals surface area contributed by atoms with Crippen molar-refractivity contribution in [2.45, 2.75) is 46.3 Å². The zero-order valence-electron chi connectivity index (χ0n) is 10.7. The lowest BCUT2D eigenvalue weighted by Crippen LogP contribution is -2.43. The predicted molar refractivity (Wildman–Crippen MR) is 60.0 cm³/mol. The van der Waals surface area contributed by atoms with Gasteiger partial charge in [-0.25, -0.2) is 4.79 Å². The van der Waals surface area contributed by atoms with Crippen molar-refractivity contribution in [2.75, 3.05) is 20.3 Å². The van der Waals surface area contributed by atoms with Crippen molar-refractivity contribution in [3.8, 4) is 0 Å². The van der Waals surface area contributed by atoms with E-state index in [2.05, 4.69) is 0 Å². The summed E-state index contributed by atoms with van der Waals surface area (Å²) in [5.41, 5.74) is -0.447. The molecule has 4 nitrogen and oxygen atoms in total. The molecule has 0 rings (SSSR count). The first-order valence-electron chi connectivity index (χ1n) is 5.30. The van der Waals surface area contributed by atoms with Gasteiger partial charge in [0.25, 0.3) is 0 Å². The average molecular weight is 217 g/mol. The number of likely N-dealkylation sites (N-methyl/N-ethyl adjacent to an activating group) is 1. The van der Waals surface area contributed by atoms with E-state index in [9.17, 15) is 4.79 Å². The highest BCUT2D eigenvalue weighted by Crippen LogP contribution is 2.11. The van der Waals surface area contributed by atoms with Crippen molar-refractivity contribution >= 4 is 6.09 Å². The second-order valence-corrected chi connectivity index (χ2v) is 4.57. The van der Waals surface area contributed by atoms with Crippen LogP contribution in [0.1, 0.15) is 34.6 Å². The van der Waals surface area contributed by atoms with E-state index in [1.165, 1.54) is 0 Å². The second kappa shape index (κ2) is 5.95. The van der Waals surface area contributed by atoms with Crippen molar-refractivity contribution in [1.29, 1.82) is 0 Å². The van der Waals surface area contributed by atoms with Crippen molar-refractivity contribution in [1.82, 2.24) is 4.90 Å². The van der Waals surface area contributed by atoms with Crippen LogP contribution in [0.25, 0.3) is 0 Å². The van der Waals surface area contributed by atoms with Crippen LogP contribution in [0.4, 0.5) is 4.79 Å². The van der Waals surface area contributed by atoms with Gasteiger partial charge < -0.3 is 14.4 Å². The first-order valence-corrected chi connectivity index (χ1v) is 5.30. The minimum atomic E-state index is -0.447. The van der Waals surface area contributed by atoms with E-state index < -0.39 is 5.60 Å². The molecule has 1 atom stereocenters. The summed E-state index contributed by atoms with van der Waals surface area (Å²) in [4.78, 5) is 13.4. The van der Waals surface area contributed by atoms with Crippen LogP contribution in [0.2, 0.25) is 0 Å². The Balaban J connectivity index is 4.34. The maximum atomic E-state index is 11.8. The summed E-state index contributed by atoms with van der Waals surface area (Å²) >= 11 is 0. The summed E-state index contributed by atoms with van der Waals surface area (Å²) in [6, 6.07) is 0.0369. The van der Waals surface area contributed by atoms with Crippen LogP contribution < -0.4 is 0 Å². The lowest BCUT2D eigenvalue weighted by atomic mass is 10.2. The molecule has 0 saturated heterocycles. The molecule has 0 fully saturated rings. The second-order valence-electron chi connectivity index (χ2n) is 4.57. The number of amides is 1. The van der Waals surface area contributed by atoms with Gasteiger partial charge >= 0.3 is 6.09 Å². The van der Waals surface area contributed by atoms with Crippen molar-refractivity contribution in [2.24, 2.45) is 0 Å².